The van der Waals surface area contributed by atoms with Crippen molar-refractivity contribution in [3.8, 4) is 11.5 Å². The smallest absolute Gasteiger partial charge is 0.335 e. The van der Waals surface area contributed by atoms with Gasteiger partial charge in [0.15, 0.2) is 0 Å². The summed E-state index contributed by atoms with van der Waals surface area (Å²) in [5, 5.41) is 23.7. The molecule has 9 nitrogen and oxygen atoms in total. The molecule has 0 unspecified atom stereocenters. The molecule has 5 rings (SSSR count). The van der Waals surface area contributed by atoms with Crippen molar-refractivity contribution < 1.29 is 29.3 Å². The van der Waals surface area contributed by atoms with Crippen molar-refractivity contribution in [3.05, 3.63) is 58.6 Å². The average Bonchev–Trinajstić information content (AvgIpc) is 3.01. The number of benzene rings is 2. The molecule has 232 valence electrons. The number of aliphatic hydroxyl groups excluding tert-OH is 1. The average molecular weight is 612 g/mol. The van der Waals surface area contributed by atoms with Crippen LogP contribution in [0.5, 0.6) is 11.5 Å². The van der Waals surface area contributed by atoms with Crippen molar-refractivity contribution in [2.24, 2.45) is 5.92 Å². The Balaban J connectivity index is 1.22. The lowest BCUT2D eigenvalue weighted by molar-refractivity contribution is -0.166. The summed E-state index contributed by atoms with van der Waals surface area (Å²) in [5.74, 6) is -0.266. The van der Waals surface area contributed by atoms with Crippen molar-refractivity contribution in [3.63, 3.8) is 0 Å². The molecule has 1 saturated carbocycles. The predicted molar refractivity (Wildman–Crippen MR) is 163 cm³/mol. The molecule has 0 bridgehead atoms. The van der Waals surface area contributed by atoms with E-state index in [4.69, 9.17) is 21.4 Å². The molecule has 2 heterocycles. The number of amides is 2. The Hall–Kier alpha value is -3.14. The molecule has 0 radical (unpaired) electrons. The van der Waals surface area contributed by atoms with E-state index in [9.17, 15) is 19.5 Å². The van der Waals surface area contributed by atoms with E-state index in [-0.39, 0.29) is 23.3 Å². The summed E-state index contributed by atoms with van der Waals surface area (Å²) in [4.78, 5) is 42.7. The normalized spacial score (nSPS) is 21.9. The van der Waals surface area contributed by atoms with Gasteiger partial charge in [-0.3, -0.25) is 14.5 Å². The number of likely N-dealkylation sites (tertiary alicyclic amines) is 1. The van der Waals surface area contributed by atoms with Crippen molar-refractivity contribution in [1.29, 1.82) is 0 Å². The number of carboxylic acid groups (broad SMARTS) is 1. The van der Waals surface area contributed by atoms with Crippen LogP contribution in [0.25, 0.3) is 0 Å². The number of ether oxygens (including phenoxy) is 1. The first-order valence-corrected chi connectivity index (χ1v) is 15.9. The first kappa shape index (κ1) is 31.3. The van der Waals surface area contributed by atoms with Crippen LogP contribution >= 0.6 is 11.6 Å². The van der Waals surface area contributed by atoms with Crippen LogP contribution in [0.4, 0.5) is 0 Å². The largest absolute Gasteiger partial charge is 0.478 e. The molecule has 2 saturated heterocycles. The minimum atomic E-state index is -1.00. The van der Waals surface area contributed by atoms with Crippen LogP contribution in [0.1, 0.15) is 80.6 Å². The van der Waals surface area contributed by atoms with E-state index in [1.165, 1.54) is 12.1 Å². The van der Waals surface area contributed by atoms with E-state index in [0.29, 0.717) is 55.5 Å². The molecule has 0 aromatic heterocycles. The van der Waals surface area contributed by atoms with Gasteiger partial charge in [0.25, 0.3) is 0 Å². The fraction of sp³-hybridized carbons (Fsp3) is 0.545. The number of piperidine rings is 1. The first-order valence-electron chi connectivity index (χ1n) is 15.5. The summed E-state index contributed by atoms with van der Waals surface area (Å²) in [6.45, 7) is 4.52. The molecule has 2 aromatic rings. The monoisotopic (exact) mass is 611 g/mol. The zero-order valence-corrected chi connectivity index (χ0v) is 25.5. The zero-order chi connectivity index (χ0) is 30.6. The second-order valence-electron chi connectivity index (χ2n) is 12.2. The molecule has 43 heavy (non-hydrogen) atoms. The van der Waals surface area contributed by atoms with Gasteiger partial charge in [-0.15, -0.1) is 0 Å². The van der Waals surface area contributed by atoms with Gasteiger partial charge < -0.3 is 25.2 Å². The van der Waals surface area contributed by atoms with Gasteiger partial charge in [0.2, 0.25) is 11.8 Å². The lowest BCUT2D eigenvalue weighted by Gasteiger charge is -2.52. The van der Waals surface area contributed by atoms with Crippen LogP contribution in [0, 0.1) is 5.92 Å². The summed E-state index contributed by atoms with van der Waals surface area (Å²) in [5.41, 5.74) is 0.284. The highest BCUT2D eigenvalue weighted by molar-refractivity contribution is 6.32. The number of unbranched alkanes of at least 4 members (excludes halogenated alkanes) is 1. The lowest BCUT2D eigenvalue weighted by atomic mass is 9.78. The molecule has 10 heteroatoms. The van der Waals surface area contributed by atoms with Crippen LogP contribution in [-0.4, -0.2) is 75.1 Å². The number of rotatable bonds is 10. The van der Waals surface area contributed by atoms with Gasteiger partial charge in [0.1, 0.15) is 23.1 Å². The summed E-state index contributed by atoms with van der Waals surface area (Å²) in [6.07, 6.45) is 7.00. The number of nitrogens with zero attached hydrogens (tertiary/aromatic N) is 2. The number of halogens is 1. The summed E-state index contributed by atoms with van der Waals surface area (Å²) < 4.78 is 5.86. The summed E-state index contributed by atoms with van der Waals surface area (Å²) in [7, 11) is 0. The Labute approximate surface area is 258 Å². The molecule has 1 spiro atoms. The van der Waals surface area contributed by atoms with Crippen LogP contribution in [-0.2, 0) is 16.1 Å². The number of carbonyl (C=O) groups is 3. The fourth-order valence-electron chi connectivity index (χ4n) is 6.81. The third-order valence-electron chi connectivity index (χ3n) is 9.38. The number of carboxylic acids is 1. The van der Waals surface area contributed by atoms with Crippen molar-refractivity contribution >= 4 is 29.4 Å². The van der Waals surface area contributed by atoms with Crippen molar-refractivity contribution in [2.45, 2.75) is 88.9 Å². The van der Waals surface area contributed by atoms with Gasteiger partial charge in [-0.05, 0) is 80.0 Å². The summed E-state index contributed by atoms with van der Waals surface area (Å²) >= 11 is 6.54. The van der Waals surface area contributed by atoms with Gasteiger partial charge in [-0.2, -0.15) is 0 Å². The predicted octanol–water partition coefficient (Wildman–Crippen LogP) is 5.23. The number of carbonyl (C=O) groups excluding carboxylic acids is 2. The molecule has 2 amide bonds. The van der Waals surface area contributed by atoms with Gasteiger partial charge in [0.05, 0.1) is 16.7 Å². The third kappa shape index (κ3) is 6.84. The lowest BCUT2D eigenvalue weighted by Crippen LogP contribution is -2.75. The number of piperazine rings is 1. The minimum Gasteiger partial charge on any atom is -0.478 e. The number of aromatic carboxylic acids is 1. The Morgan fingerprint density at radius 1 is 1.09 bits per heavy atom. The Morgan fingerprint density at radius 3 is 2.42 bits per heavy atom. The maximum absolute atomic E-state index is 13.8. The Bertz CT molecular complexity index is 1300. The molecule has 3 aliphatic rings. The van der Waals surface area contributed by atoms with Crippen LogP contribution in [0.3, 0.4) is 0 Å². The second kappa shape index (κ2) is 13.7. The number of nitrogens with one attached hydrogen (secondary N) is 1. The SMILES string of the molecule is CCCCN1C(=O)[C@@H]([C@H](O)C2CCCCC2)NC(=O)C12CCN(Cc1ccc(Oc3ccc(C(=O)O)cc3)c(Cl)c1)CC2. The van der Waals surface area contributed by atoms with Crippen LogP contribution in [0.2, 0.25) is 5.02 Å². The van der Waals surface area contributed by atoms with E-state index < -0.39 is 23.7 Å². The Kier molecular flexibility index (Phi) is 9.94. The van der Waals surface area contributed by atoms with E-state index in [1.54, 1.807) is 23.1 Å². The highest BCUT2D eigenvalue weighted by Gasteiger charge is 2.55. The van der Waals surface area contributed by atoms with E-state index >= 15 is 0 Å². The van der Waals surface area contributed by atoms with Gasteiger partial charge >= 0.3 is 5.97 Å². The maximum atomic E-state index is 13.8. The number of aliphatic hydroxyl groups is 1. The molecule has 3 N–H and O–H groups in total. The van der Waals surface area contributed by atoms with E-state index in [2.05, 4.69) is 17.1 Å². The molecular weight excluding hydrogens is 570 g/mol. The molecular formula is C33H42ClN3O6. The van der Waals surface area contributed by atoms with Crippen LogP contribution in [0.15, 0.2) is 42.5 Å². The van der Waals surface area contributed by atoms with Crippen molar-refractivity contribution in [1.82, 2.24) is 15.1 Å². The number of hydrogen-bond donors (Lipinski definition) is 3. The Morgan fingerprint density at radius 2 is 1.79 bits per heavy atom. The number of hydrogen-bond acceptors (Lipinski definition) is 6. The standard InChI is InChI=1S/C33H42ClN3O6/c1-2-3-17-37-30(39)28(29(38)23-7-5-4-6-8-23)35-32(42)33(37)15-18-36(19-16-33)21-22-9-14-27(26(34)20-22)43-25-12-10-24(11-13-25)31(40)41/h9-14,20,23,28-29,38H,2-8,15-19,21H2,1H3,(H,35,42)(H,40,41)/t28-,29-/m1/s1. The molecule has 1 aliphatic carbocycles. The summed E-state index contributed by atoms with van der Waals surface area (Å²) in [6, 6.07) is 10.9. The van der Waals surface area contributed by atoms with Gasteiger partial charge in [-0.25, -0.2) is 4.79 Å². The molecule has 2 aromatic carbocycles. The highest BCUT2D eigenvalue weighted by atomic mass is 35.5. The molecule has 2 aliphatic heterocycles. The quantitative estimate of drug-likeness (QED) is 0.336. The van der Waals surface area contributed by atoms with E-state index in [0.717, 1.165) is 50.5 Å². The topological polar surface area (TPSA) is 119 Å². The fourth-order valence-corrected chi connectivity index (χ4v) is 7.05. The molecule has 3 fully saturated rings. The second-order valence-corrected chi connectivity index (χ2v) is 12.6. The zero-order valence-electron chi connectivity index (χ0n) is 24.8. The van der Waals surface area contributed by atoms with Crippen molar-refractivity contribution in [2.75, 3.05) is 19.6 Å². The third-order valence-corrected chi connectivity index (χ3v) is 9.68. The van der Waals surface area contributed by atoms with Gasteiger partial charge in [-0.1, -0.05) is 50.3 Å². The van der Waals surface area contributed by atoms with Crippen LogP contribution < -0.4 is 10.1 Å². The minimum absolute atomic E-state index is 0.0491. The molecule has 2 atom stereocenters. The maximum Gasteiger partial charge on any atom is 0.335 e. The highest BCUT2D eigenvalue weighted by Crippen LogP contribution is 2.37. The van der Waals surface area contributed by atoms with Gasteiger partial charge in [0, 0.05) is 26.2 Å². The van der Waals surface area contributed by atoms with E-state index in [1.807, 2.05) is 12.1 Å². The first-order chi connectivity index (χ1) is 20.7.